The highest BCUT2D eigenvalue weighted by atomic mass is 19.4. The molecule has 3 aromatic carbocycles. The normalized spacial score (nSPS) is 16.5. The molecule has 0 bridgehead atoms. The molecule has 2 heterocycles. The number of rotatable bonds is 11. The molecule has 0 aliphatic carbocycles. The number of piperidine rings is 1. The molecule has 18 heteroatoms. The van der Waals surface area contributed by atoms with Gasteiger partial charge in [0, 0.05) is 38.0 Å². The standard InChI is InChI=1S/C34H33F3N6O9/c1-40(19-29(46)47)28(45)18-38-27(44)20-52-26-11-5-21(6-12-26)30-33(31(48)42(30)24-3-2-4-25(17-24)43(50)51)13-15-41(16-14-33)32(49)39-23-9-7-22(8-10-23)34(35,36)37/h2-12,17,30H,13-16,18-20H2,1H3,(H,38,44)(H,39,49)(H,46,47). The van der Waals surface area contributed by atoms with Gasteiger partial charge >= 0.3 is 18.2 Å². The van der Waals surface area contributed by atoms with Crippen LogP contribution in [0.1, 0.15) is 30.0 Å². The van der Waals surface area contributed by atoms with Crippen LogP contribution in [0.15, 0.2) is 72.8 Å². The Bertz CT molecular complexity index is 1860. The van der Waals surface area contributed by atoms with Crippen LogP contribution in [0.25, 0.3) is 0 Å². The highest BCUT2D eigenvalue weighted by Gasteiger charge is 2.62. The molecule has 5 rings (SSSR count). The first-order chi connectivity index (χ1) is 24.6. The third kappa shape index (κ3) is 8.06. The fraction of sp³-hybridized carbons (Fsp3) is 0.324. The van der Waals surface area contributed by atoms with Gasteiger partial charge in [0.05, 0.1) is 34.2 Å². The molecule has 3 N–H and O–H groups in total. The fourth-order valence-electron chi connectivity index (χ4n) is 6.23. The number of likely N-dealkylation sites (N-methyl/N-ethyl adjacent to an activating group) is 1. The maximum absolute atomic E-state index is 14.0. The molecular formula is C34H33F3N6O9. The van der Waals surface area contributed by atoms with Crippen LogP contribution in [0.3, 0.4) is 0 Å². The number of nitrogens with zero attached hydrogens (tertiary/aromatic N) is 4. The maximum atomic E-state index is 14.0. The van der Waals surface area contributed by atoms with E-state index in [2.05, 4.69) is 10.6 Å². The van der Waals surface area contributed by atoms with Gasteiger partial charge in [-0.1, -0.05) is 18.2 Å². The zero-order chi connectivity index (χ0) is 37.8. The Morgan fingerprint density at radius 2 is 1.69 bits per heavy atom. The summed E-state index contributed by atoms with van der Waals surface area (Å²) in [4.78, 5) is 76.8. The third-order valence-corrected chi connectivity index (χ3v) is 8.95. The molecule has 0 saturated carbocycles. The quantitative estimate of drug-likeness (QED) is 0.149. The Balaban J connectivity index is 1.27. The number of non-ortho nitro benzene ring substituents is 1. The Morgan fingerprint density at radius 3 is 2.29 bits per heavy atom. The molecule has 1 unspecified atom stereocenters. The predicted octanol–water partition coefficient (Wildman–Crippen LogP) is 4.05. The van der Waals surface area contributed by atoms with Crippen LogP contribution in [-0.2, 0) is 25.4 Å². The van der Waals surface area contributed by atoms with Crippen molar-refractivity contribution in [3.8, 4) is 5.75 Å². The summed E-state index contributed by atoms with van der Waals surface area (Å²) in [5.41, 5.74) is -0.930. The number of alkyl halides is 3. The third-order valence-electron chi connectivity index (χ3n) is 8.95. The number of halogens is 3. The number of carbonyl (C=O) groups excluding carboxylic acids is 4. The van der Waals surface area contributed by atoms with Crippen molar-refractivity contribution >= 4 is 46.8 Å². The lowest BCUT2D eigenvalue weighted by Gasteiger charge is -2.58. The lowest BCUT2D eigenvalue weighted by atomic mass is 9.62. The number of aliphatic carboxylic acids is 1. The van der Waals surface area contributed by atoms with Gasteiger partial charge < -0.3 is 35.2 Å². The molecule has 274 valence electrons. The average molecular weight is 727 g/mol. The van der Waals surface area contributed by atoms with Crippen molar-refractivity contribution in [2.24, 2.45) is 5.41 Å². The van der Waals surface area contributed by atoms with E-state index >= 15 is 0 Å². The van der Waals surface area contributed by atoms with Gasteiger partial charge in [-0.05, 0) is 60.9 Å². The number of nitrogens with one attached hydrogen (secondary N) is 2. The van der Waals surface area contributed by atoms with Crippen molar-refractivity contribution in [2.75, 3.05) is 50.1 Å². The van der Waals surface area contributed by atoms with E-state index in [9.17, 15) is 47.3 Å². The Kier molecular flexibility index (Phi) is 10.7. The van der Waals surface area contributed by atoms with Crippen molar-refractivity contribution in [1.29, 1.82) is 0 Å². The number of nitro benzene ring substituents is 1. The van der Waals surface area contributed by atoms with Crippen molar-refractivity contribution in [3.63, 3.8) is 0 Å². The number of hydrogen-bond donors (Lipinski definition) is 3. The van der Waals surface area contributed by atoms with Crippen molar-refractivity contribution < 1.29 is 51.9 Å². The zero-order valence-corrected chi connectivity index (χ0v) is 27.6. The van der Waals surface area contributed by atoms with Crippen molar-refractivity contribution in [2.45, 2.75) is 25.1 Å². The summed E-state index contributed by atoms with van der Waals surface area (Å²) in [5.74, 6) is -2.45. The summed E-state index contributed by atoms with van der Waals surface area (Å²) in [5, 5.41) is 25.3. The lowest BCUT2D eigenvalue weighted by Crippen LogP contribution is -2.67. The summed E-state index contributed by atoms with van der Waals surface area (Å²) in [6.45, 7) is -1.12. The number of benzene rings is 3. The van der Waals surface area contributed by atoms with Crippen LogP contribution >= 0.6 is 0 Å². The number of ether oxygens (including phenoxy) is 1. The van der Waals surface area contributed by atoms with Crippen LogP contribution in [-0.4, -0.2) is 89.4 Å². The van der Waals surface area contributed by atoms with Gasteiger partial charge in [0.1, 0.15) is 12.3 Å². The second kappa shape index (κ2) is 15.0. The summed E-state index contributed by atoms with van der Waals surface area (Å²) in [7, 11) is 1.29. The monoisotopic (exact) mass is 726 g/mol. The number of anilines is 2. The molecule has 1 atom stereocenters. The topological polar surface area (TPSA) is 192 Å². The first kappa shape index (κ1) is 37.1. The molecule has 2 saturated heterocycles. The smallest absolute Gasteiger partial charge is 0.416 e. The number of carboxylic acids is 1. The molecule has 5 amide bonds. The van der Waals surface area contributed by atoms with E-state index in [1.165, 1.54) is 35.0 Å². The zero-order valence-electron chi connectivity index (χ0n) is 27.6. The van der Waals surface area contributed by atoms with Gasteiger partial charge in [-0.25, -0.2) is 4.79 Å². The van der Waals surface area contributed by atoms with E-state index in [0.29, 0.717) is 11.3 Å². The number of carbonyl (C=O) groups is 5. The number of amides is 5. The molecule has 2 fully saturated rings. The number of hydrogen-bond acceptors (Lipinski definition) is 8. The summed E-state index contributed by atoms with van der Waals surface area (Å²) < 4.78 is 44.4. The summed E-state index contributed by atoms with van der Waals surface area (Å²) in [6.07, 6.45) is -4.08. The first-order valence-electron chi connectivity index (χ1n) is 15.9. The largest absolute Gasteiger partial charge is 0.484 e. The van der Waals surface area contributed by atoms with E-state index in [1.807, 2.05) is 0 Å². The molecule has 0 aromatic heterocycles. The van der Waals surface area contributed by atoms with Crippen LogP contribution in [0.4, 0.5) is 35.0 Å². The summed E-state index contributed by atoms with van der Waals surface area (Å²) >= 11 is 0. The maximum Gasteiger partial charge on any atom is 0.416 e. The Morgan fingerprint density at radius 1 is 1.04 bits per heavy atom. The van der Waals surface area contributed by atoms with E-state index in [0.717, 1.165) is 29.2 Å². The van der Waals surface area contributed by atoms with Crippen molar-refractivity contribution in [1.82, 2.24) is 15.1 Å². The number of urea groups is 1. The minimum Gasteiger partial charge on any atom is -0.484 e. The number of carboxylic acid groups (broad SMARTS) is 1. The highest BCUT2D eigenvalue weighted by Crippen LogP contribution is 2.57. The molecule has 0 radical (unpaired) electrons. The Hall–Kier alpha value is -6.20. The van der Waals surface area contributed by atoms with E-state index < -0.39 is 71.6 Å². The van der Waals surface area contributed by atoms with Gasteiger partial charge in [0.15, 0.2) is 6.61 Å². The van der Waals surface area contributed by atoms with Crippen LogP contribution in [0.5, 0.6) is 5.75 Å². The Labute approximate surface area is 294 Å². The van der Waals surface area contributed by atoms with Crippen LogP contribution in [0, 0.1) is 15.5 Å². The average Bonchev–Trinajstić information content (AvgIpc) is 3.11. The van der Waals surface area contributed by atoms with E-state index in [1.54, 1.807) is 30.3 Å². The van der Waals surface area contributed by atoms with E-state index in [-0.39, 0.29) is 49.0 Å². The molecular weight excluding hydrogens is 693 g/mol. The van der Waals surface area contributed by atoms with Gasteiger partial charge in [0.25, 0.3) is 11.6 Å². The van der Waals surface area contributed by atoms with Gasteiger partial charge in [0.2, 0.25) is 11.8 Å². The SMILES string of the molecule is CN(CC(=O)O)C(=O)CNC(=O)COc1ccc(C2N(c3cccc([N+](=O)[O-])c3)C(=O)C23CCN(C(=O)Nc2ccc(C(F)(F)F)cc2)CC3)cc1. The molecule has 2 aliphatic heterocycles. The fourth-order valence-corrected chi connectivity index (χ4v) is 6.23. The second-order valence-electron chi connectivity index (χ2n) is 12.3. The second-order valence-corrected chi connectivity index (χ2v) is 12.3. The van der Waals surface area contributed by atoms with E-state index in [4.69, 9.17) is 9.84 Å². The minimum absolute atomic E-state index is 0.141. The number of β-lactam (4-membered cyclic amide) rings is 1. The number of nitro groups is 1. The highest BCUT2D eigenvalue weighted by molar-refractivity contribution is 6.06. The molecule has 3 aromatic rings. The molecule has 52 heavy (non-hydrogen) atoms. The predicted molar refractivity (Wildman–Crippen MR) is 177 cm³/mol. The van der Waals surface area contributed by atoms with Crippen LogP contribution < -0.4 is 20.3 Å². The van der Waals surface area contributed by atoms with Gasteiger partial charge in [-0.3, -0.25) is 29.3 Å². The molecule has 2 aliphatic rings. The van der Waals surface area contributed by atoms with Gasteiger partial charge in [-0.2, -0.15) is 13.2 Å². The molecule has 15 nitrogen and oxygen atoms in total. The minimum atomic E-state index is -4.52. The van der Waals surface area contributed by atoms with Crippen LogP contribution in [0.2, 0.25) is 0 Å². The van der Waals surface area contributed by atoms with Gasteiger partial charge in [-0.15, -0.1) is 0 Å². The number of likely N-dealkylation sites (tertiary alicyclic amines) is 1. The molecule has 1 spiro atoms. The lowest BCUT2D eigenvalue weighted by molar-refractivity contribution is -0.384. The summed E-state index contributed by atoms with van der Waals surface area (Å²) in [6, 6.07) is 15.0. The first-order valence-corrected chi connectivity index (χ1v) is 15.9. The van der Waals surface area contributed by atoms with Crippen molar-refractivity contribution in [3.05, 3.63) is 94.0 Å².